The minimum Gasteiger partial charge on any atom is -0.508 e. The van der Waals surface area contributed by atoms with Gasteiger partial charge in [-0.15, -0.1) is 0 Å². The average molecular weight is 360 g/mol. The van der Waals surface area contributed by atoms with Gasteiger partial charge in [0.25, 0.3) is 0 Å². The summed E-state index contributed by atoms with van der Waals surface area (Å²) in [4.78, 5) is 11.1. The molecule has 2 rings (SSSR count). The molecule has 1 unspecified atom stereocenters. The number of benzene rings is 2. The van der Waals surface area contributed by atoms with Crippen LogP contribution in [0.15, 0.2) is 61.2 Å². The van der Waals surface area contributed by atoms with Gasteiger partial charge in [0.2, 0.25) is 0 Å². The number of nitrogen functional groups attached to an aromatic ring is 2. The van der Waals surface area contributed by atoms with Crippen molar-refractivity contribution >= 4 is 17.3 Å². The van der Waals surface area contributed by atoms with Crippen molar-refractivity contribution in [2.24, 2.45) is 0 Å². The predicted octanol–water partition coefficient (Wildman–Crippen LogP) is 2.37. The number of aromatic hydroxyl groups is 1. The lowest BCUT2D eigenvalue weighted by Gasteiger charge is -2.16. The Morgan fingerprint density at radius 1 is 1.08 bits per heavy atom. The van der Waals surface area contributed by atoms with Crippen molar-refractivity contribution in [1.29, 1.82) is 0 Å². The molecule has 140 valence electrons. The Balaban J connectivity index is 0.000000350. The Kier molecular flexibility index (Phi) is 9.13. The summed E-state index contributed by atoms with van der Waals surface area (Å²) in [5.74, 6) is 0.400. The molecule has 0 aromatic heterocycles. The maximum atomic E-state index is 11.1. The zero-order valence-corrected chi connectivity index (χ0v) is 14.6. The molecular weight excluding hydrogens is 336 g/mol. The minimum absolute atomic E-state index is 0.206. The lowest BCUT2D eigenvalue weighted by atomic mass is 10.3. The fraction of sp³-hybridized carbons (Fsp3) is 0.211. The van der Waals surface area contributed by atoms with Crippen molar-refractivity contribution in [2.45, 2.75) is 6.10 Å². The molecule has 0 bridgehead atoms. The van der Waals surface area contributed by atoms with Crippen LogP contribution in [-0.4, -0.2) is 37.5 Å². The molecule has 5 N–H and O–H groups in total. The molecule has 2 aromatic carbocycles. The number of carbonyl (C=O) groups is 1. The van der Waals surface area contributed by atoms with E-state index in [1.54, 1.807) is 48.5 Å². The maximum Gasteiger partial charge on any atom is 0.330 e. The predicted molar refractivity (Wildman–Crippen MR) is 101 cm³/mol. The first-order valence-electron chi connectivity index (χ1n) is 7.79. The number of carbonyl (C=O) groups excluding carboxylic acids is 1. The highest BCUT2D eigenvalue weighted by molar-refractivity contribution is 5.81. The number of rotatable bonds is 7. The van der Waals surface area contributed by atoms with Crippen molar-refractivity contribution in [1.82, 2.24) is 0 Å². The molecule has 0 amide bonds. The van der Waals surface area contributed by atoms with E-state index in [0.717, 1.165) is 6.08 Å². The van der Waals surface area contributed by atoms with Crippen LogP contribution in [0.1, 0.15) is 0 Å². The van der Waals surface area contributed by atoms with Gasteiger partial charge in [0.05, 0.1) is 6.61 Å². The maximum absolute atomic E-state index is 11.1. The van der Waals surface area contributed by atoms with E-state index in [1.165, 1.54) is 7.11 Å². The van der Waals surface area contributed by atoms with Crippen LogP contribution in [0.3, 0.4) is 0 Å². The molecule has 1 atom stereocenters. The van der Waals surface area contributed by atoms with Gasteiger partial charge in [-0.25, -0.2) is 4.79 Å². The molecule has 0 spiro atoms. The third-order valence-electron chi connectivity index (χ3n) is 3.01. The number of phenols is 1. The van der Waals surface area contributed by atoms with Crippen LogP contribution in [0, 0.1) is 0 Å². The number of hydrogen-bond acceptors (Lipinski definition) is 7. The van der Waals surface area contributed by atoms with Gasteiger partial charge >= 0.3 is 5.97 Å². The first-order valence-corrected chi connectivity index (χ1v) is 7.79. The third-order valence-corrected chi connectivity index (χ3v) is 3.01. The highest BCUT2D eigenvalue weighted by atomic mass is 16.6. The number of methoxy groups -OCH3 is 1. The average Bonchev–Trinajstić information content (AvgIpc) is 2.64. The molecule has 0 saturated heterocycles. The van der Waals surface area contributed by atoms with Gasteiger partial charge in [-0.2, -0.15) is 0 Å². The molecular formula is C19H24N2O5. The van der Waals surface area contributed by atoms with Crippen molar-refractivity contribution < 1.29 is 24.1 Å². The fourth-order valence-electron chi connectivity index (χ4n) is 1.74. The van der Waals surface area contributed by atoms with Crippen LogP contribution in [-0.2, 0) is 14.3 Å². The van der Waals surface area contributed by atoms with E-state index in [1.807, 2.05) is 0 Å². The van der Waals surface area contributed by atoms with Gasteiger partial charge in [-0.05, 0) is 48.5 Å². The van der Waals surface area contributed by atoms with Crippen LogP contribution in [0.5, 0.6) is 11.5 Å². The van der Waals surface area contributed by atoms with E-state index in [9.17, 15) is 4.79 Å². The van der Waals surface area contributed by atoms with E-state index < -0.39 is 12.1 Å². The molecule has 0 fully saturated rings. The van der Waals surface area contributed by atoms with Crippen LogP contribution in [0.2, 0.25) is 0 Å². The Morgan fingerprint density at radius 3 is 2.08 bits per heavy atom. The van der Waals surface area contributed by atoms with Crippen LogP contribution < -0.4 is 16.2 Å². The second-order valence-corrected chi connectivity index (χ2v) is 5.19. The van der Waals surface area contributed by atoms with Gasteiger partial charge in [0.15, 0.2) is 6.10 Å². The molecule has 0 aliphatic carbocycles. The normalized spacial score (nSPS) is 10.8. The summed E-state index contributed by atoms with van der Waals surface area (Å²) in [6, 6.07) is 13.4. The largest absolute Gasteiger partial charge is 0.508 e. The number of esters is 1. The monoisotopic (exact) mass is 360 g/mol. The lowest BCUT2D eigenvalue weighted by molar-refractivity contribution is -0.147. The van der Waals surface area contributed by atoms with E-state index in [-0.39, 0.29) is 19.0 Å². The third kappa shape index (κ3) is 8.60. The molecule has 26 heavy (non-hydrogen) atoms. The van der Waals surface area contributed by atoms with E-state index >= 15 is 0 Å². The van der Waals surface area contributed by atoms with Crippen LogP contribution >= 0.6 is 0 Å². The number of ether oxygens (including phenoxy) is 3. The summed E-state index contributed by atoms with van der Waals surface area (Å²) >= 11 is 0. The Hall–Kier alpha value is -3.19. The quantitative estimate of drug-likeness (QED) is 0.300. The minimum atomic E-state index is -0.502. The van der Waals surface area contributed by atoms with E-state index in [0.29, 0.717) is 17.1 Å². The van der Waals surface area contributed by atoms with E-state index in [4.69, 9.17) is 30.8 Å². The summed E-state index contributed by atoms with van der Waals surface area (Å²) < 4.78 is 15.5. The first kappa shape index (κ1) is 20.9. The summed E-state index contributed by atoms with van der Waals surface area (Å²) in [6.45, 7) is 3.80. The van der Waals surface area contributed by atoms with Crippen molar-refractivity contribution in [3.05, 3.63) is 61.2 Å². The highest BCUT2D eigenvalue weighted by Crippen LogP contribution is 2.13. The molecule has 7 nitrogen and oxygen atoms in total. The van der Waals surface area contributed by atoms with Gasteiger partial charge in [0, 0.05) is 24.6 Å². The van der Waals surface area contributed by atoms with Gasteiger partial charge in [-0.3, -0.25) is 0 Å². The number of anilines is 2. The molecule has 0 heterocycles. The zero-order chi connectivity index (χ0) is 19.4. The van der Waals surface area contributed by atoms with Crippen molar-refractivity contribution in [3.8, 4) is 11.5 Å². The SMILES string of the molecule is C=CC(=O)OC(COC)COc1ccc(N)cc1.Nc1ccc(O)cc1. The standard InChI is InChI=1S/C13H17NO4.C6H7NO/c1-3-13(15)18-12(8-16-2)9-17-11-6-4-10(14)5-7-11;7-5-1-3-6(8)4-2-5/h3-7,12H,1,8-9,14H2,2H3;1-4,8H,7H2. The molecule has 2 aromatic rings. The Morgan fingerprint density at radius 2 is 1.62 bits per heavy atom. The number of hydrogen-bond donors (Lipinski definition) is 3. The zero-order valence-electron chi connectivity index (χ0n) is 14.6. The van der Waals surface area contributed by atoms with Crippen LogP contribution in [0.25, 0.3) is 0 Å². The summed E-state index contributed by atoms with van der Waals surface area (Å²) in [7, 11) is 1.53. The van der Waals surface area contributed by atoms with Gasteiger partial charge in [0.1, 0.15) is 18.1 Å². The van der Waals surface area contributed by atoms with Crippen LogP contribution in [0.4, 0.5) is 11.4 Å². The Bertz CT molecular complexity index is 650. The van der Waals surface area contributed by atoms with E-state index in [2.05, 4.69) is 6.58 Å². The number of phenolic OH excluding ortho intramolecular Hbond substituents is 1. The fourth-order valence-corrected chi connectivity index (χ4v) is 1.74. The number of nitrogens with two attached hydrogens (primary N) is 2. The van der Waals surface area contributed by atoms with Crippen molar-refractivity contribution in [3.63, 3.8) is 0 Å². The summed E-state index contributed by atoms with van der Waals surface area (Å²) in [5, 5.41) is 8.70. The molecule has 0 radical (unpaired) electrons. The summed E-state index contributed by atoms with van der Waals surface area (Å²) in [5.41, 5.74) is 12.2. The molecule has 0 saturated carbocycles. The lowest BCUT2D eigenvalue weighted by Crippen LogP contribution is -2.28. The molecule has 0 aliphatic rings. The highest BCUT2D eigenvalue weighted by Gasteiger charge is 2.13. The second kappa shape index (κ2) is 11.4. The first-order chi connectivity index (χ1) is 12.4. The second-order valence-electron chi connectivity index (χ2n) is 5.19. The molecule has 7 heteroatoms. The smallest absolute Gasteiger partial charge is 0.330 e. The summed E-state index contributed by atoms with van der Waals surface area (Å²) in [6.07, 6.45) is 0.629. The van der Waals surface area contributed by atoms with Gasteiger partial charge in [-0.1, -0.05) is 6.58 Å². The van der Waals surface area contributed by atoms with Crippen molar-refractivity contribution in [2.75, 3.05) is 31.8 Å². The Labute approximate surface area is 152 Å². The van der Waals surface area contributed by atoms with Gasteiger partial charge < -0.3 is 30.8 Å². The molecule has 0 aliphatic heterocycles. The topological polar surface area (TPSA) is 117 Å².